The van der Waals surface area contributed by atoms with Gasteiger partial charge in [0.15, 0.2) is 0 Å². The Balaban J connectivity index is 0.000000157. The zero-order valence-electron chi connectivity index (χ0n) is 88.0. The Labute approximate surface area is 730 Å². The molecule has 3 aliphatic carbocycles. The van der Waals surface area contributed by atoms with Crippen molar-refractivity contribution < 1.29 is 13.7 Å². The van der Waals surface area contributed by atoms with Gasteiger partial charge in [-0.05, 0) is 253 Å². The first-order chi connectivity index (χ1) is 59.3. The van der Waals surface area contributed by atoms with Crippen LogP contribution in [0.15, 0.2) is 261 Å². The summed E-state index contributed by atoms with van der Waals surface area (Å²) in [5, 5.41) is 3.18. The number of rotatable bonds is 7. The fourth-order valence-electron chi connectivity index (χ4n) is 17.2. The Morgan fingerprint density at radius 3 is 1.14 bits per heavy atom. The van der Waals surface area contributed by atoms with E-state index in [4.69, 9.17) is 13.7 Å². The molecule has 0 atom stereocenters. The molecule has 0 saturated heterocycles. The molecule has 2 heterocycles. The number of hydrogen-bond donors (Lipinski definition) is 0. The maximum absolute atomic E-state index is 8.75. The average molecular weight is 1580 g/mol. The fraction of sp³-hybridized carbons (Fsp3) is 0.421. The lowest BCUT2D eigenvalue weighted by Crippen LogP contribution is -2.36. The van der Waals surface area contributed by atoms with Gasteiger partial charge in [0.25, 0.3) is 0 Å². The van der Waals surface area contributed by atoms with Gasteiger partial charge in [0.1, 0.15) is 0 Å². The molecule has 0 saturated carbocycles. The summed E-state index contributed by atoms with van der Waals surface area (Å²) in [5.41, 5.74) is 22.8. The Hall–Kier alpha value is -9.38. The summed E-state index contributed by atoms with van der Waals surface area (Å²) < 4.78 is 87.0. The molecule has 0 radical (unpaired) electrons. The smallest absolute Gasteiger partial charge is 0.0648 e. The minimum atomic E-state index is -0.367. The van der Waals surface area contributed by atoms with Gasteiger partial charge in [-0.2, -0.15) is 0 Å². The van der Waals surface area contributed by atoms with Gasteiger partial charge >= 0.3 is 0 Å². The van der Waals surface area contributed by atoms with E-state index in [0.717, 1.165) is 29.5 Å². The van der Waals surface area contributed by atoms with Crippen LogP contribution in [-0.4, -0.2) is 28.3 Å². The summed E-state index contributed by atoms with van der Waals surface area (Å²) in [7, 11) is 2.11. The quantitative estimate of drug-likeness (QED) is 0.158. The summed E-state index contributed by atoms with van der Waals surface area (Å²) in [4.78, 5) is 4.58. The molecule has 118 heavy (non-hydrogen) atoms. The molecule has 16 rings (SSSR count). The first-order valence-electron chi connectivity index (χ1n) is 48.5. The minimum Gasteiger partial charge on any atom is -0.372 e. The molecule has 2 aromatic heterocycles. The maximum Gasteiger partial charge on any atom is 0.0648 e. The molecule has 0 fully saturated rings. The second-order valence-electron chi connectivity index (χ2n) is 41.2. The molecule has 3 aliphatic rings. The first-order valence-corrected chi connectivity index (χ1v) is 43.5. The number of benzene rings is 11. The van der Waals surface area contributed by atoms with Crippen molar-refractivity contribution in [1.82, 2.24) is 9.13 Å². The number of fused-ring (bicyclic) bond motifs is 10. The third-order valence-corrected chi connectivity index (χ3v) is 25.0. The molecule has 0 bridgehead atoms. The van der Waals surface area contributed by atoms with Crippen molar-refractivity contribution in [1.29, 1.82) is 0 Å². The monoisotopic (exact) mass is 1580 g/mol. The third-order valence-electron chi connectivity index (χ3n) is 25.0. The SMILES string of the molecule is CC(C)(C)c1ccc2c(c1)C(C)(C)CCC2(C)C.CC(C)(C)c1ccc2c(c1)C(C)(C)c1ccccc1C2(C)C.CC(C)N(C)c1ccccc1.CC(C)N(c1ccccc1)c1ccccc1.CC(C)n1c2ccccc2c2ccccc21.[2H]c1c([2H])c([2H])c2c(c1[2H])c1c([2H])c([2H])c(C)c([2H])c1n2C(C)C.[2H]c1c([2H])c2c(c([2H])c1C(C)(C)C)C(C)(C)CCC2(C)C. The van der Waals surface area contributed by atoms with Crippen LogP contribution in [0.4, 0.5) is 17.1 Å². The number of hydrogen-bond acceptors (Lipinski definition) is 2. The lowest BCUT2D eigenvalue weighted by Gasteiger charge is -2.44. The molecule has 13 aromatic rings. The van der Waals surface area contributed by atoms with Crippen LogP contribution in [0.25, 0.3) is 43.6 Å². The highest BCUT2D eigenvalue weighted by atomic mass is 15.2. The van der Waals surface area contributed by atoms with Gasteiger partial charge in [0, 0.05) is 103 Å². The number of para-hydroxylation sites is 6. The second kappa shape index (κ2) is 35.9. The van der Waals surface area contributed by atoms with Crippen molar-refractivity contribution in [2.45, 2.75) is 306 Å². The predicted molar refractivity (Wildman–Crippen MR) is 521 cm³/mol. The van der Waals surface area contributed by atoms with Crippen molar-refractivity contribution in [3.63, 3.8) is 0 Å². The van der Waals surface area contributed by atoms with Gasteiger partial charge in [0.2, 0.25) is 0 Å². The molecule has 0 amide bonds. The highest BCUT2D eigenvalue weighted by Gasteiger charge is 2.43. The van der Waals surface area contributed by atoms with E-state index in [1.54, 1.807) is 22.6 Å². The van der Waals surface area contributed by atoms with Gasteiger partial charge in [-0.3, -0.25) is 0 Å². The highest BCUT2D eigenvalue weighted by molar-refractivity contribution is 6.09. The van der Waals surface area contributed by atoms with Crippen molar-refractivity contribution in [3.05, 3.63) is 327 Å². The molecular weight excluding hydrogens is 1430 g/mol. The van der Waals surface area contributed by atoms with Crippen LogP contribution in [0, 0.1) is 6.92 Å². The summed E-state index contributed by atoms with van der Waals surface area (Å²) in [6.45, 7) is 66.2. The number of nitrogens with zero attached hydrogens (tertiary/aromatic N) is 4. The minimum absolute atomic E-state index is 0.0582. The Morgan fingerprint density at radius 1 is 0.314 bits per heavy atom. The van der Waals surface area contributed by atoms with E-state index in [1.165, 1.54) is 85.1 Å². The van der Waals surface area contributed by atoms with Crippen LogP contribution >= 0.6 is 0 Å². The normalized spacial score (nSPS) is 16.8. The summed E-state index contributed by atoms with van der Waals surface area (Å²) in [5.74, 6) is 0. The molecule has 0 unspecified atom stereocenters. The Kier molecular flexibility index (Phi) is 23.5. The lowest BCUT2D eigenvalue weighted by atomic mass is 9.59. The predicted octanol–water partition coefficient (Wildman–Crippen LogP) is 32.4. The molecule has 0 aliphatic heterocycles. The molecule has 0 spiro atoms. The van der Waals surface area contributed by atoms with E-state index in [9.17, 15) is 0 Å². The zero-order valence-corrected chi connectivity index (χ0v) is 78.0. The van der Waals surface area contributed by atoms with Crippen molar-refractivity contribution in [2.24, 2.45) is 0 Å². The van der Waals surface area contributed by atoms with E-state index < -0.39 is 0 Å². The second-order valence-corrected chi connectivity index (χ2v) is 41.2. The van der Waals surface area contributed by atoms with Crippen molar-refractivity contribution in [2.75, 3.05) is 16.8 Å². The van der Waals surface area contributed by atoms with E-state index >= 15 is 0 Å². The van der Waals surface area contributed by atoms with Crippen molar-refractivity contribution in [3.8, 4) is 0 Å². The van der Waals surface area contributed by atoms with Crippen LogP contribution in [0.5, 0.6) is 0 Å². The zero-order chi connectivity index (χ0) is 95.3. The van der Waals surface area contributed by atoms with Gasteiger partial charge in [-0.1, -0.05) is 345 Å². The summed E-state index contributed by atoms with van der Waals surface area (Å²) in [6, 6.07) is 73.2. The van der Waals surface area contributed by atoms with E-state index in [2.05, 4.69) is 370 Å². The number of aromatic nitrogens is 2. The van der Waals surface area contributed by atoms with Crippen LogP contribution < -0.4 is 9.80 Å². The maximum atomic E-state index is 8.75. The average Bonchev–Trinajstić information content (AvgIpc) is 1.26. The molecule has 11 aromatic carbocycles. The van der Waals surface area contributed by atoms with Crippen molar-refractivity contribution >= 4 is 60.7 Å². The van der Waals surface area contributed by atoms with Crippen LogP contribution in [0.2, 0.25) is 0 Å². The van der Waals surface area contributed by atoms with E-state index in [1.807, 2.05) is 52.8 Å². The fourth-order valence-corrected chi connectivity index (χ4v) is 17.2. The number of anilines is 3. The van der Waals surface area contributed by atoms with E-state index in [0.29, 0.717) is 52.1 Å². The molecule has 0 N–H and O–H groups in total. The molecular formula is C114H148N4. The lowest BCUT2D eigenvalue weighted by molar-refractivity contribution is 0.331. The molecule has 4 nitrogen and oxygen atoms in total. The van der Waals surface area contributed by atoms with Crippen LogP contribution in [0.3, 0.4) is 0 Å². The van der Waals surface area contributed by atoms with Gasteiger partial charge in [-0.25, -0.2) is 0 Å². The van der Waals surface area contributed by atoms with E-state index in [-0.39, 0.29) is 109 Å². The summed E-state index contributed by atoms with van der Waals surface area (Å²) >= 11 is 0. The standard InChI is InChI=1S/C22H28.2C18H28.C16H17N.C15H15N.C15H17N.C10H15N/c1-20(2,3)15-12-13-18-19(14-15)22(6,7)17-11-9-8-10-16(17)21(18,4)5;2*1-16(2,3)13-8-9-14-15(12-13)18(6,7)11-10-17(14,4)5;1-11(2)17-15-7-5-4-6-13(15)14-9-8-12(3)10-16(14)17;1-11(2)16-14-9-5-3-7-12(14)13-8-4-6-10-15(13)16;1-13(2)16(14-9-5-3-6-10-14)15-11-7-4-8-12-15;1-9(2)11(3)10-7-5-4-6-8-10/h8-14H,1-7H3;2*8-9,12H,10-11H2,1-7H3;4-11H,1-3H3;3-11H,1-2H3;3-13H,1-2H3;4-9H,1-3H3/i;8D,9D,12D;;4D,5D,6D,7D,8D,9D,10D;;;. The van der Waals surface area contributed by atoms with Crippen LogP contribution in [-0.2, 0) is 48.7 Å². The molecule has 4 heteroatoms. The van der Waals surface area contributed by atoms with Crippen LogP contribution in [0.1, 0.15) is 319 Å². The van der Waals surface area contributed by atoms with Gasteiger partial charge in [0.05, 0.1) is 13.7 Å². The highest BCUT2D eigenvalue weighted by Crippen LogP contribution is 2.52. The summed E-state index contributed by atoms with van der Waals surface area (Å²) in [6.07, 6.45) is 4.62. The first kappa shape index (κ1) is 77.2. The Morgan fingerprint density at radius 2 is 0.686 bits per heavy atom. The largest absolute Gasteiger partial charge is 0.372 e. The van der Waals surface area contributed by atoms with Gasteiger partial charge < -0.3 is 18.9 Å². The third kappa shape index (κ3) is 20.2. The Bertz CT molecular complexity index is 5950. The molecule has 624 valence electrons. The van der Waals surface area contributed by atoms with Gasteiger partial charge in [-0.15, -0.1) is 0 Å². The topological polar surface area (TPSA) is 16.3 Å².